The van der Waals surface area contributed by atoms with Crippen LogP contribution >= 0.6 is 11.8 Å². The minimum atomic E-state index is -0.857. The predicted octanol–water partition coefficient (Wildman–Crippen LogP) is 2.80. The number of aromatic nitrogens is 2. The van der Waals surface area contributed by atoms with Gasteiger partial charge in [0.1, 0.15) is 11.9 Å². The fourth-order valence-corrected chi connectivity index (χ4v) is 4.86. The molecule has 10 nitrogen and oxygen atoms in total. The molecule has 0 bridgehead atoms. The second-order valence-corrected chi connectivity index (χ2v) is 9.56. The zero-order valence-electron chi connectivity index (χ0n) is 20.1. The SMILES string of the molecule is Cc1cc(NC(=O)CSC2=Nc3ccccc3C3=NC(CC(=O)NCCc4ccccc4)C(=O)N23)n[nH]1. The van der Waals surface area contributed by atoms with Crippen molar-refractivity contribution in [3.63, 3.8) is 0 Å². The van der Waals surface area contributed by atoms with E-state index in [4.69, 9.17) is 0 Å². The van der Waals surface area contributed by atoms with E-state index in [2.05, 4.69) is 30.8 Å². The molecule has 1 unspecified atom stereocenters. The summed E-state index contributed by atoms with van der Waals surface area (Å²) in [7, 11) is 0. The zero-order valence-corrected chi connectivity index (χ0v) is 20.9. The number of anilines is 1. The second kappa shape index (κ2) is 10.8. The first-order valence-electron chi connectivity index (χ1n) is 11.8. The maximum atomic E-state index is 13.4. The van der Waals surface area contributed by atoms with E-state index in [-0.39, 0.29) is 29.9 Å². The number of fused-ring (bicyclic) bond motifs is 3. The van der Waals surface area contributed by atoms with Gasteiger partial charge in [-0.25, -0.2) is 9.89 Å². The summed E-state index contributed by atoms with van der Waals surface area (Å²) in [5, 5.41) is 12.7. The van der Waals surface area contributed by atoms with Gasteiger partial charge in [0.05, 0.1) is 17.9 Å². The minimum Gasteiger partial charge on any atom is -0.356 e. The van der Waals surface area contributed by atoms with Crippen molar-refractivity contribution in [2.45, 2.75) is 25.8 Å². The van der Waals surface area contributed by atoms with Crippen molar-refractivity contribution in [2.75, 3.05) is 17.6 Å². The van der Waals surface area contributed by atoms with Crippen molar-refractivity contribution in [1.29, 1.82) is 0 Å². The average Bonchev–Trinajstić information content (AvgIpc) is 3.45. The van der Waals surface area contributed by atoms with Gasteiger partial charge in [-0.1, -0.05) is 54.2 Å². The van der Waals surface area contributed by atoms with E-state index in [1.54, 1.807) is 6.07 Å². The molecular weight excluding hydrogens is 490 g/mol. The molecule has 11 heteroatoms. The highest BCUT2D eigenvalue weighted by atomic mass is 32.2. The molecule has 0 saturated heterocycles. The molecule has 188 valence electrons. The van der Waals surface area contributed by atoms with Crippen LogP contribution in [-0.2, 0) is 20.8 Å². The third-order valence-corrected chi connectivity index (χ3v) is 6.75. The topological polar surface area (TPSA) is 132 Å². The quantitative estimate of drug-likeness (QED) is 0.425. The fraction of sp³-hybridized carbons (Fsp3) is 0.231. The molecule has 2 aromatic carbocycles. The van der Waals surface area contributed by atoms with E-state index in [1.165, 1.54) is 4.90 Å². The molecule has 3 heterocycles. The van der Waals surface area contributed by atoms with Crippen LogP contribution in [0, 0.1) is 6.92 Å². The number of hydrogen-bond acceptors (Lipinski definition) is 7. The Labute approximate surface area is 217 Å². The van der Waals surface area contributed by atoms with Crippen LogP contribution in [0.2, 0.25) is 0 Å². The predicted molar refractivity (Wildman–Crippen MR) is 143 cm³/mol. The molecule has 0 spiro atoms. The number of nitrogens with one attached hydrogen (secondary N) is 3. The van der Waals surface area contributed by atoms with Crippen LogP contribution in [0.25, 0.3) is 0 Å². The summed E-state index contributed by atoms with van der Waals surface area (Å²) >= 11 is 1.13. The Morgan fingerprint density at radius 1 is 1.08 bits per heavy atom. The lowest BCUT2D eigenvalue weighted by Gasteiger charge is -2.25. The summed E-state index contributed by atoms with van der Waals surface area (Å²) in [6.45, 7) is 2.31. The highest BCUT2D eigenvalue weighted by Gasteiger charge is 2.42. The van der Waals surface area contributed by atoms with E-state index in [0.717, 1.165) is 23.0 Å². The van der Waals surface area contributed by atoms with Gasteiger partial charge in [-0.15, -0.1) is 0 Å². The van der Waals surface area contributed by atoms with E-state index >= 15 is 0 Å². The van der Waals surface area contributed by atoms with Crippen LogP contribution < -0.4 is 10.6 Å². The van der Waals surface area contributed by atoms with E-state index in [1.807, 2.05) is 61.5 Å². The number of aliphatic imine (C=N–C) groups is 2. The van der Waals surface area contributed by atoms with Crippen molar-refractivity contribution in [3.8, 4) is 0 Å². The van der Waals surface area contributed by atoms with Crippen LogP contribution in [0.15, 0.2) is 70.6 Å². The lowest BCUT2D eigenvalue weighted by Crippen LogP contribution is -2.42. The molecule has 37 heavy (non-hydrogen) atoms. The third-order valence-electron chi connectivity index (χ3n) is 5.81. The number of benzene rings is 2. The Hall–Kier alpha value is -4.25. The summed E-state index contributed by atoms with van der Waals surface area (Å²) in [4.78, 5) is 49.1. The number of H-pyrrole nitrogens is 1. The number of nitrogens with zero attached hydrogens (tertiary/aromatic N) is 4. The monoisotopic (exact) mass is 515 g/mol. The highest BCUT2D eigenvalue weighted by Crippen LogP contribution is 2.34. The van der Waals surface area contributed by atoms with Gasteiger partial charge in [0.25, 0.3) is 5.91 Å². The number of thioether (sulfide) groups is 1. The Bertz CT molecular complexity index is 1400. The number of amides is 3. The molecule has 0 aliphatic carbocycles. The Morgan fingerprint density at radius 3 is 2.65 bits per heavy atom. The summed E-state index contributed by atoms with van der Waals surface area (Å²) in [6, 6.07) is 18.1. The number of aryl methyl sites for hydroxylation is 1. The van der Waals surface area contributed by atoms with Gasteiger partial charge in [-0.05, 0) is 31.0 Å². The number of para-hydroxylation sites is 1. The molecule has 5 rings (SSSR count). The Morgan fingerprint density at radius 2 is 1.86 bits per heavy atom. The largest absolute Gasteiger partial charge is 0.356 e. The first-order valence-corrected chi connectivity index (χ1v) is 12.8. The summed E-state index contributed by atoms with van der Waals surface area (Å²) in [6.07, 6.45) is 0.638. The number of carbonyl (C=O) groups excluding carboxylic acids is 3. The van der Waals surface area contributed by atoms with Gasteiger partial charge in [-0.3, -0.25) is 24.5 Å². The molecule has 0 saturated carbocycles. The van der Waals surface area contributed by atoms with Crippen LogP contribution in [0.1, 0.15) is 23.2 Å². The number of carbonyl (C=O) groups is 3. The van der Waals surface area contributed by atoms with Gasteiger partial charge in [0, 0.05) is 23.9 Å². The molecule has 3 N–H and O–H groups in total. The molecule has 1 atom stereocenters. The smallest absolute Gasteiger partial charge is 0.259 e. The van der Waals surface area contributed by atoms with E-state index < -0.39 is 6.04 Å². The first kappa shape index (κ1) is 24.4. The first-order chi connectivity index (χ1) is 18.0. The maximum Gasteiger partial charge on any atom is 0.259 e. The molecule has 2 aliphatic rings. The van der Waals surface area contributed by atoms with Crippen molar-refractivity contribution in [3.05, 3.63) is 77.5 Å². The van der Waals surface area contributed by atoms with Crippen LogP contribution in [0.4, 0.5) is 11.5 Å². The van der Waals surface area contributed by atoms with Crippen molar-refractivity contribution in [1.82, 2.24) is 20.4 Å². The molecule has 0 fully saturated rings. The number of aromatic amines is 1. The maximum absolute atomic E-state index is 13.4. The number of rotatable bonds is 8. The summed E-state index contributed by atoms with van der Waals surface area (Å²) in [5.74, 6) is 0.0380. The lowest BCUT2D eigenvalue weighted by molar-refractivity contribution is -0.128. The normalized spacial score (nSPS) is 16.0. The number of hydrogen-bond donors (Lipinski definition) is 3. The van der Waals surface area contributed by atoms with Crippen LogP contribution in [0.3, 0.4) is 0 Å². The van der Waals surface area contributed by atoms with Gasteiger partial charge >= 0.3 is 0 Å². The van der Waals surface area contributed by atoms with Gasteiger partial charge in [-0.2, -0.15) is 5.10 Å². The van der Waals surface area contributed by atoms with E-state index in [0.29, 0.717) is 41.0 Å². The second-order valence-electron chi connectivity index (χ2n) is 8.62. The molecule has 3 aromatic rings. The van der Waals surface area contributed by atoms with Gasteiger partial charge < -0.3 is 10.6 Å². The van der Waals surface area contributed by atoms with Crippen molar-refractivity contribution in [2.24, 2.45) is 9.98 Å². The molecule has 2 aliphatic heterocycles. The van der Waals surface area contributed by atoms with Crippen LogP contribution in [0.5, 0.6) is 0 Å². The van der Waals surface area contributed by atoms with Crippen LogP contribution in [-0.4, -0.2) is 62.2 Å². The van der Waals surface area contributed by atoms with Crippen molar-refractivity contribution < 1.29 is 14.4 Å². The molecular formula is C26H25N7O3S. The summed E-state index contributed by atoms with van der Waals surface area (Å²) < 4.78 is 0. The number of amidine groups is 2. The fourth-order valence-electron chi connectivity index (χ4n) is 4.06. The average molecular weight is 516 g/mol. The Balaban J connectivity index is 1.25. The van der Waals surface area contributed by atoms with Gasteiger partial charge in [0.2, 0.25) is 11.8 Å². The Kier molecular flexibility index (Phi) is 7.13. The van der Waals surface area contributed by atoms with Gasteiger partial charge in [0.15, 0.2) is 11.0 Å². The van der Waals surface area contributed by atoms with E-state index in [9.17, 15) is 14.4 Å². The van der Waals surface area contributed by atoms with Crippen molar-refractivity contribution >= 4 is 52.0 Å². The molecule has 3 amide bonds. The lowest BCUT2D eigenvalue weighted by atomic mass is 10.1. The standard InChI is InChI=1S/C26H25N7O3S/c1-16-13-21(32-31-16)30-23(35)15-37-26-29-19-10-6-5-9-18(19)24-28-20(25(36)33(24)26)14-22(34)27-12-11-17-7-3-2-4-8-17/h2-10,13,20H,11-12,14-15H2,1H3,(H,27,34)(H2,30,31,32,35). The summed E-state index contributed by atoms with van der Waals surface area (Å²) in [5.41, 5.74) is 3.32. The minimum absolute atomic E-state index is 0.0224. The molecule has 0 radical (unpaired) electrons. The zero-order chi connectivity index (χ0) is 25.8. The third kappa shape index (κ3) is 5.61. The molecule has 1 aromatic heterocycles. The highest BCUT2D eigenvalue weighted by molar-refractivity contribution is 8.14.